The number of unbranched alkanes of at least 4 members (excludes halogenated alkanes) is 2. The molecule has 0 saturated carbocycles. The maximum absolute atomic E-state index is 8.07. The van der Waals surface area contributed by atoms with Crippen molar-refractivity contribution in [3.05, 3.63) is 0 Å². The quantitative estimate of drug-likeness (QED) is 0.835. The first-order valence-corrected chi connectivity index (χ1v) is 4.97. The number of halogens is 2. The molecule has 14 heavy (non-hydrogen) atoms. The molecule has 0 spiro atoms. The second kappa shape index (κ2) is 36.9. The fourth-order valence-electron chi connectivity index (χ4n) is 0.316. The van der Waals surface area contributed by atoms with Crippen LogP contribution in [0.3, 0.4) is 0 Å². The molecule has 0 aromatic carbocycles. The fourth-order valence-corrected chi connectivity index (χ4v) is 0.316. The van der Waals surface area contributed by atoms with Gasteiger partial charge in [-0.1, -0.05) is 26.7 Å². The largest absolute Gasteiger partial charge is 0.396 e. The summed E-state index contributed by atoms with van der Waals surface area (Å²) in [5.41, 5.74) is 0. The molecular weight excluding hydrogens is 266 g/mol. The maximum Gasteiger partial charge on any atom is 0.0832 e. The molecule has 89 valence electrons. The molecule has 0 aliphatic heterocycles. The Kier molecular flexibility index (Phi) is 64.2. The average Bonchev–Trinajstić information content (AvgIpc) is 2.09. The van der Waals surface area contributed by atoms with Gasteiger partial charge in [-0.05, 0) is 12.8 Å². The molecule has 0 rings (SSSR count). The van der Waals surface area contributed by atoms with Gasteiger partial charge in [0.2, 0.25) is 0 Å². The van der Waals surface area contributed by atoms with Crippen LogP contribution in [0.4, 0.5) is 0 Å². The fraction of sp³-hybridized carbons (Fsp3) is 1.00. The van der Waals surface area contributed by atoms with E-state index < -0.39 is 0 Å². The summed E-state index contributed by atoms with van der Waals surface area (Å²) in [5, 5.41) is 16.1. The van der Waals surface area contributed by atoms with E-state index in [1.807, 2.05) is 0 Å². The van der Waals surface area contributed by atoms with E-state index in [0.29, 0.717) is 13.2 Å². The Bertz CT molecular complexity index is 51.9. The van der Waals surface area contributed by atoms with Crippen molar-refractivity contribution in [2.45, 2.75) is 39.5 Å². The number of hydrogen-bond donors (Lipinski definition) is 2. The molecule has 0 atom stereocenters. The zero-order valence-corrected chi connectivity index (χ0v) is 11.7. The van der Waals surface area contributed by atoms with E-state index in [1.165, 1.54) is 0 Å². The van der Waals surface area contributed by atoms with E-state index in [0.717, 1.165) is 25.7 Å². The smallest absolute Gasteiger partial charge is 0.0832 e. The monoisotopic (exact) mass is 285 g/mol. The van der Waals surface area contributed by atoms with Gasteiger partial charge in [-0.25, -0.2) is 0 Å². The van der Waals surface area contributed by atoms with Crippen LogP contribution in [-0.4, -0.2) is 23.4 Å². The first-order valence-electron chi connectivity index (χ1n) is 4.36. The summed E-state index contributed by atoms with van der Waals surface area (Å²) >= 11 is 8.53. The van der Waals surface area contributed by atoms with Crippen LogP contribution in [0.5, 0.6) is 0 Å². The standard InChI is InChI=1S/2C4H10O.Cl2O.V/c2*1-2-3-4-5;1-3-2;/h2*5H,2-4H2,1H3;;. The predicted molar refractivity (Wildman–Crippen MR) is 56.8 cm³/mol. The molecule has 0 saturated heterocycles. The van der Waals surface area contributed by atoms with Gasteiger partial charge >= 0.3 is 0 Å². The van der Waals surface area contributed by atoms with Crippen LogP contribution < -0.4 is 0 Å². The van der Waals surface area contributed by atoms with E-state index >= 15 is 0 Å². The molecule has 0 aromatic rings. The van der Waals surface area contributed by atoms with Crippen LogP contribution >= 0.6 is 23.7 Å². The summed E-state index contributed by atoms with van der Waals surface area (Å²) < 4.78 is 3.19. The summed E-state index contributed by atoms with van der Waals surface area (Å²) in [5.74, 6) is 0. The predicted octanol–water partition coefficient (Wildman–Crippen LogP) is 2.87. The van der Waals surface area contributed by atoms with Gasteiger partial charge in [-0.2, -0.15) is 3.84 Å². The van der Waals surface area contributed by atoms with Crippen molar-refractivity contribution in [3.8, 4) is 0 Å². The summed E-state index contributed by atoms with van der Waals surface area (Å²) in [6.07, 6.45) is 4.08. The van der Waals surface area contributed by atoms with Crippen molar-refractivity contribution in [2.75, 3.05) is 13.2 Å². The summed E-state index contributed by atoms with van der Waals surface area (Å²) in [7, 11) is 0. The zero-order valence-electron chi connectivity index (χ0n) is 8.75. The zero-order chi connectivity index (χ0) is 10.9. The molecule has 0 heterocycles. The molecule has 2 N–H and O–H groups in total. The molecule has 0 unspecified atom stereocenters. The first kappa shape index (κ1) is 24.3. The molecule has 0 amide bonds. The third-order valence-corrected chi connectivity index (χ3v) is 1.02. The van der Waals surface area contributed by atoms with Crippen LogP contribution in [-0.2, 0) is 22.4 Å². The topological polar surface area (TPSA) is 49.7 Å². The summed E-state index contributed by atoms with van der Waals surface area (Å²) in [6, 6.07) is 0. The van der Waals surface area contributed by atoms with E-state index in [4.69, 9.17) is 10.2 Å². The van der Waals surface area contributed by atoms with Crippen molar-refractivity contribution in [3.63, 3.8) is 0 Å². The minimum atomic E-state index is 0. The Labute approximate surface area is 109 Å². The van der Waals surface area contributed by atoms with Crippen LogP contribution in [0.1, 0.15) is 39.5 Å². The van der Waals surface area contributed by atoms with Crippen molar-refractivity contribution in [2.24, 2.45) is 0 Å². The molecule has 0 fully saturated rings. The molecule has 0 aliphatic rings. The second-order valence-electron chi connectivity index (χ2n) is 2.21. The van der Waals surface area contributed by atoms with Crippen LogP contribution in [0, 0.1) is 0 Å². The molecule has 0 aliphatic carbocycles. The minimum absolute atomic E-state index is 0. The van der Waals surface area contributed by atoms with Gasteiger partial charge in [-0.15, -0.1) is 0 Å². The Hall–Kier alpha value is 1.04. The van der Waals surface area contributed by atoms with E-state index in [2.05, 4.69) is 41.4 Å². The number of hydrogen-bond acceptors (Lipinski definition) is 3. The van der Waals surface area contributed by atoms with E-state index in [-0.39, 0.29) is 18.6 Å². The molecule has 6 heteroatoms. The molecule has 0 bridgehead atoms. The van der Waals surface area contributed by atoms with Gasteiger partial charge in [-0.3, -0.25) is 0 Å². The molecule has 0 aromatic heterocycles. The SMILES string of the molecule is CCCCO.CCCCO.ClOCl.[V]. The van der Waals surface area contributed by atoms with Crippen molar-refractivity contribution in [1.29, 1.82) is 0 Å². The molecule has 1 radical (unpaired) electrons. The van der Waals surface area contributed by atoms with Crippen LogP contribution in [0.15, 0.2) is 0 Å². The third-order valence-electron chi connectivity index (χ3n) is 1.02. The number of aliphatic hydroxyl groups excluding tert-OH is 2. The average molecular weight is 286 g/mol. The summed E-state index contributed by atoms with van der Waals surface area (Å²) in [6.45, 7) is 4.79. The maximum atomic E-state index is 8.07. The van der Waals surface area contributed by atoms with Gasteiger partial charge in [0.15, 0.2) is 0 Å². The normalized spacial score (nSPS) is 7.29. The molecular formula is C8H20Cl2O3V. The van der Waals surface area contributed by atoms with Crippen molar-refractivity contribution in [1.82, 2.24) is 0 Å². The van der Waals surface area contributed by atoms with Gasteiger partial charge in [0.1, 0.15) is 0 Å². The third kappa shape index (κ3) is 74.4. The van der Waals surface area contributed by atoms with E-state index in [9.17, 15) is 0 Å². The minimum Gasteiger partial charge on any atom is -0.396 e. The van der Waals surface area contributed by atoms with Gasteiger partial charge < -0.3 is 10.2 Å². The molecule has 3 nitrogen and oxygen atoms in total. The van der Waals surface area contributed by atoms with Gasteiger partial charge in [0, 0.05) is 31.8 Å². The Morgan fingerprint density at radius 1 is 0.929 bits per heavy atom. The number of rotatable bonds is 4. The Morgan fingerprint density at radius 3 is 1.14 bits per heavy atom. The summed E-state index contributed by atoms with van der Waals surface area (Å²) in [4.78, 5) is 0. The van der Waals surface area contributed by atoms with Crippen molar-refractivity contribution >= 4 is 23.7 Å². The van der Waals surface area contributed by atoms with Crippen molar-refractivity contribution < 1.29 is 32.6 Å². The number of aliphatic hydroxyl groups is 2. The van der Waals surface area contributed by atoms with Crippen LogP contribution in [0.2, 0.25) is 0 Å². The first-order chi connectivity index (χ1) is 6.24. The van der Waals surface area contributed by atoms with Gasteiger partial charge in [0.25, 0.3) is 0 Å². The Morgan fingerprint density at radius 2 is 1.14 bits per heavy atom. The van der Waals surface area contributed by atoms with E-state index in [1.54, 1.807) is 0 Å². The Balaban J connectivity index is -0.0000000535. The van der Waals surface area contributed by atoms with Gasteiger partial charge in [0.05, 0.1) is 23.7 Å². The second-order valence-corrected chi connectivity index (χ2v) is 2.68. The van der Waals surface area contributed by atoms with Crippen LogP contribution in [0.25, 0.3) is 0 Å².